The number of ether oxygens (including phenoxy) is 3. The van der Waals surface area contributed by atoms with Crippen LogP contribution in [0.25, 0.3) is 10.1 Å². The minimum Gasteiger partial charge on any atom is -0.494 e. The molecule has 0 unspecified atom stereocenters. The van der Waals surface area contributed by atoms with E-state index in [9.17, 15) is 4.79 Å². The third kappa shape index (κ3) is 3.82. The van der Waals surface area contributed by atoms with E-state index in [0.29, 0.717) is 27.1 Å². The Bertz CT molecular complexity index is 986. The first-order valence-corrected chi connectivity index (χ1v) is 9.46. The smallest absolute Gasteiger partial charge is 0.265 e. The third-order valence-corrected chi connectivity index (χ3v) is 5.64. The number of nitrogens with one attached hydrogen (secondary N) is 1. The molecule has 3 aromatic rings. The first-order chi connectivity index (χ1) is 13.0. The predicted molar refractivity (Wildman–Crippen MR) is 109 cm³/mol. The third-order valence-electron chi connectivity index (χ3n) is 4.27. The lowest BCUT2D eigenvalue weighted by molar-refractivity contribution is 0.0941. The lowest BCUT2D eigenvalue weighted by Crippen LogP contribution is -2.26. The van der Waals surface area contributed by atoms with Crippen molar-refractivity contribution in [1.82, 2.24) is 5.32 Å². The zero-order valence-electron chi connectivity index (χ0n) is 15.5. The summed E-state index contributed by atoms with van der Waals surface area (Å²) in [7, 11) is 4.73. The Morgan fingerprint density at radius 3 is 2.44 bits per heavy atom. The zero-order chi connectivity index (χ0) is 19.6. The highest BCUT2D eigenvalue weighted by Gasteiger charge is 2.21. The van der Waals surface area contributed by atoms with Gasteiger partial charge in [-0.3, -0.25) is 4.79 Å². The maximum atomic E-state index is 12.9. The number of amides is 1. The second-order valence-electron chi connectivity index (χ2n) is 5.91. The van der Waals surface area contributed by atoms with E-state index in [1.165, 1.54) is 11.3 Å². The van der Waals surface area contributed by atoms with Crippen LogP contribution in [0.15, 0.2) is 36.4 Å². The topological polar surface area (TPSA) is 56.8 Å². The van der Waals surface area contributed by atoms with Crippen molar-refractivity contribution in [2.45, 2.75) is 13.0 Å². The molecule has 0 aliphatic heterocycles. The fourth-order valence-corrected chi connectivity index (χ4v) is 4.22. The number of rotatable bonds is 6. The average molecular weight is 406 g/mol. The van der Waals surface area contributed by atoms with Gasteiger partial charge in [-0.1, -0.05) is 17.7 Å². The van der Waals surface area contributed by atoms with Crippen LogP contribution in [0, 0.1) is 0 Å². The molecule has 7 heteroatoms. The number of hydrogen-bond donors (Lipinski definition) is 1. The van der Waals surface area contributed by atoms with Gasteiger partial charge in [0.05, 0.1) is 27.4 Å². The molecule has 0 fully saturated rings. The minimum atomic E-state index is -0.226. The maximum Gasteiger partial charge on any atom is 0.265 e. The number of carbonyl (C=O) groups excluding carboxylic acids is 1. The van der Waals surface area contributed by atoms with Crippen molar-refractivity contribution in [3.63, 3.8) is 0 Å². The monoisotopic (exact) mass is 405 g/mol. The Labute approximate surface area is 166 Å². The molecule has 27 heavy (non-hydrogen) atoms. The van der Waals surface area contributed by atoms with Crippen LogP contribution in [-0.2, 0) is 0 Å². The van der Waals surface area contributed by atoms with Gasteiger partial charge in [0.25, 0.3) is 5.91 Å². The molecule has 0 radical (unpaired) electrons. The quantitative estimate of drug-likeness (QED) is 0.621. The fraction of sp³-hybridized carbons (Fsp3) is 0.250. The zero-order valence-corrected chi connectivity index (χ0v) is 17.0. The lowest BCUT2D eigenvalue weighted by atomic mass is 10.1. The van der Waals surface area contributed by atoms with Gasteiger partial charge in [-0.2, -0.15) is 0 Å². The molecule has 5 nitrogen and oxygen atoms in total. The SMILES string of the molecule is COc1ccc([C@@H](C)NC(=O)c2sc3cc(Cl)ccc3c2OC)cc1OC. The van der Waals surface area contributed by atoms with Gasteiger partial charge in [0.2, 0.25) is 0 Å². The average Bonchev–Trinajstić information content (AvgIpc) is 3.04. The van der Waals surface area contributed by atoms with E-state index in [1.807, 2.05) is 37.3 Å². The highest BCUT2D eigenvalue weighted by atomic mass is 35.5. The van der Waals surface area contributed by atoms with Crippen molar-refractivity contribution in [3.8, 4) is 17.2 Å². The molecule has 1 aromatic heterocycles. The van der Waals surface area contributed by atoms with Gasteiger partial charge in [-0.25, -0.2) is 0 Å². The fourth-order valence-electron chi connectivity index (χ4n) is 2.87. The van der Waals surface area contributed by atoms with Crippen LogP contribution >= 0.6 is 22.9 Å². The molecule has 142 valence electrons. The second-order valence-corrected chi connectivity index (χ2v) is 7.40. The molecule has 1 amide bonds. The Hall–Kier alpha value is -2.44. The standard InChI is InChI=1S/C20H20ClNO4S/c1-11(12-5-8-15(24-2)16(9-12)25-3)22-20(23)19-18(26-4)14-7-6-13(21)10-17(14)27-19/h5-11H,1-4H3,(H,22,23)/t11-/m1/s1. The van der Waals surface area contributed by atoms with Gasteiger partial charge in [0.15, 0.2) is 11.5 Å². The number of benzene rings is 2. The molecule has 0 spiro atoms. The molecule has 1 N–H and O–H groups in total. The van der Waals surface area contributed by atoms with E-state index in [0.717, 1.165) is 15.6 Å². The molecular formula is C20H20ClNO4S. The van der Waals surface area contributed by atoms with E-state index in [-0.39, 0.29) is 11.9 Å². The van der Waals surface area contributed by atoms with E-state index in [2.05, 4.69) is 5.32 Å². The Morgan fingerprint density at radius 1 is 1.04 bits per heavy atom. The van der Waals surface area contributed by atoms with Gasteiger partial charge in [0, 0.05) is 15.1 Å². The van der Waals surface area contributed by atoms with E-state index in [1.54, 1.807) is 27.4 Å². The largest absolute Gasteiger partial charge is 0.494 e. The van der Waals surface area contributed by atoms with Crippen LogP contribution in [0.5, 0.6) is 17.2 Å². The maximum absolute atomic E-state index is 12.9. The summed E-state index contributed by atoms with van der Waals surface area (Å²) >= 11 is 7.42. The van der Waals surface area contributed by atoms with Crippen molar-refractivity contribution in [1.29, 1.82) is 0 Å². The van der Waals surface area contributed by atoms with Gasteiger partial charge in [0.1, 0.15) is 10.6 Å². The Morgan fingerprint density at radius 2 is 1.78 bits per heavy atom. The summed E-state index contributed by atoms with van der Waals surface area (Å²) in [5.41, 5.74) is 0.907. The van der Waals surface area contributed by atoms with Gasteiger partial charge in [-0.05, 0) is 42.8 Å². The number of thiophene rings is 1. The van der Waals surface area contributed by atoms with Crippen molar-refractivity contribution >= 4 is 38.9 Å². The first kappa shape index (κ1) is 19.3. The summed E-state index contributed by atoms with van der Waals surface area (Å²) in [5.74, 6) is 1.61. The summed E-state index contributed by atoms with van der Waals surface area (Å²) in [4.78, 5) is 13.4. The molecule has 0 saturated carbocycles. The molecule has 1 atom stereocenters. The Kier molecular flexibility index (Phi) is 5.77. The molecule has 1 heterocycles. The summed E-state index contributed by atoms with van der Waals surface area (Å²) in [6.45, 7) is 1.91. The number of halogens is 1. The highest BCUT2D eigenvalue weighted by molar-refractivity contribution is 7.21. The van der Waals surface area contributed by atoms with Crippen LogP contribution in [0.4, 0.5) is 0 Å². The highest BCUT2D eigenvalue weighted by Crippen LogP contribution is 2.39. The molecule has 3 rings (SSSR count). The predicted octanol–water partition coefficient (Wildman–Crippen LogP) is 5.07. The summed E-state index contributed by atoms with van der Waals surface area (Å²) in [5, 5.41) is 4.51. The van der Waals surface area contributed by atoms with Gasteiger partial charge >= 0.3 is 0 Å². The first-order valence-electron chi connectivity index (χ1n) is 8.27. The summed E-state index contributed by atoms with van der Waals surface area (Å²) in [6.07, 6.45) is 0. The van der Waals surface area contributed by atoms with E-state index >= 15 is 0 Å². The molecule has 0 bridgehead atoms. The number of carbonyl (C=O) groups is 1. The van der Waals surface area contributed by atoms with Crippen molar-refractivity contribution < 1.29 is 19.0 Å². The minimum absolute atomic E-state index is 0.202. The molecular weight excluding hydrogens is 386 g/mol. The molecule has 0 aliphatic carbocycles. The molecule has 2 aromatic carbocycles. The molecule has 0 aliphatic rings. The molecule has 0 saturated heterocycles. The van der Waals surface area contributed by atoms with Crippen LogP contribution in [0.3, 0.4) is 0 Å². The van der Waals surface area contributed by atoms with Crippen LogP contribution in [-0.4, -0.2) is 27.2 Å². The number of fused-ring (bicyclic) bond motifs is 1. The second kappa shape index (κ2) is 8.06. The van der Waals surface area contributed by atoms with Crippen molar-refractivity contribution in [2.75, 3.05) is 21.3 Å². The normalized spacial score (nSPS) is 11.9. The number of hydrogen-bond acceptors (Lipinski definition) is 5. The van der Waals surface area contributed by atoms with E-state index < -0.39 is 0 Å². The van der Waals surface area contributed by atoms with E-state index in [4.69, 9.17) is 25.8 Å². The van der Waals surface area contributed by atoms with Crippen LogP contribution < -0.4 is 19.5 Å². The van der Waals surface area contributed by atoms with Crippen molar-refractivity contribution in [3.05, 3.63) is 51.9 Å². The number of methoxy groups -OCH3 is 3. The summed E-state index contributed by atoms with van der Waals surface area (Å²) < 4.78 is 17.0. The lowest BCUT2D eigenvalue weighted by Gasteiger charge is -2.16. The van der Waals surface area contributed by atoms with Crippen molar-refractivity contribution in [2.24, 2.45) is 0 Å². The van der Waals surface area contributed by atoms with Crippen LogP contribution in [0.1, 0.15) is 28.2 Å². The summed E-state index contributed by atoms with van der Waals surface area (Å²) in [6, 6.07) is 10.8. The van der Waals surface area contributed by atoms with Gasteiger partial charge < -0.3 is 19.5 Å². The Balaban J connectivity index is 1.88. The van der Waals surface area contributed by atoms with Crippen LogP contribution in [0.2, 0.25) is 5.02 Å². The van der Waals surface area contributed by atoms with Gasteiger partial charge in [-0.15, -0.1) is 11.3 Å².